The first-order valence-corrected chi connectivity index (χ1v) is 5.93. The van der Waals surface area contributed by atoms with Crippen LogP contribution in [-0.2, 0) is 0 Å². The van der Waals surface area contributed by atoms with E-state index in [0.29, 0.717) is 6.04 Å². The van der Waals surface area contributed by atoms with Crippen molar-refractivity contribution in [2.75, 3.05) is 11.4 Å². The highest BCUT2D eigenvalue weighted by Gasteiger charge is 2.29. The number of furan rings is 1. The van der Waals surface area contributed by atoms with Gasteiger partial charge in [-0.25, -0.2) is 4.98 Å². The van der Waals surface area contributed by atoms with E-state index in [2.05, 4.69) is 14.9 Å². The van der Waals surface area contributed by atoms with E-state index < -0.39 is 0 Å². The molecule has 1 fully saturated rings. The number of anilines is 1. The Kier molecular flexibility index (Phi) is 2.55. The summed E-state index contributed by atoms with van der Waals surface area (Å²) in [6, 6.07) is 4.28. The molecule has 1 atom stereocenters. The van der Waals surface area contributed by atoms with Gasteiger partial charge in [0.25, 0.3) is 0 Å². The molecule has 0 amide bonds. The molecule has 17 heavy (non-hydrogen) atoms. The summed E-state index contributed by atoms with van der Waals surface area (Å²) in [5.41, 5.74) is 0.951. The van der Waals surface area contributed by atoms with Gasteiger partial charge in [0.2, 0.25) is 0 Å². The second-order valence-corrected chi connectivity index (χ2v) is 4.39. The van der Waals surface area contributed by atoms with E-state index in [1.165, 1.54) is 6.42 Å². The van der Waals surface area contributed by atoms with Gasteiger partial charge in [0.05, 0.1) is 24.2 Å². The molecule has 3 rings (SSSR count). The van der Waals surface area contributed by atoms with Crippen molar-refractivity contribution in [3.05, 3.63) is 42.2 Å². The van der Waals surface area contributed by atoms with Crippen molar-refractivity contribution in [3.8, 4) is 0 Å². The first-order chi connectivity index (χ1) is 8.34. The zero-order chi connectivity index (χ0) is 11.7. The molecule has 2 aromatic heterocycles. The first-order valence-electron chi connectivity index (χ1n) is 5.93. The number of rotatable bonds is 2. The summed E-state index contributed by atoms with van der Waals surface area (Å²) in [5, 5.41) is 0. The summed E-state index contributed by atoms with van der Waals surface area (Å²) in [4.78, 5) is 11.0. The second-order valence-electron chi connectivity index (χ2n) is 4.39. The average Bonchev–Trinajstić information content (AvgIpc) is 3.00. The summed E-state index contributed by atoms with van der Waals surface area (Å²) in [6.07, 6.45) is 7.62. The van der Waals surface area contributed by atoms with Gasteiger partial charge in [-0.1, -0.05) is 0 Å². The van der Waals surface area contributed by atoms with Gasteiger partial charge >= 0.3 is 0 Å². The van der Waals surface area contributed by atoms with Gasteiger partial charge in [-0.2, -0.15) is 0 Å². The topological polar surface area (TPSA) is 42.2 Å². The van der Waals surface area contributed by atoms with Gasteiger partial charge in [0, 0.05) is 12.7 Å². The van der Waals surface area contributed by atoms with Crippen LogP contribution in [0.4, 0.5) is 5.82 Å². The predicted molar refractivity (Wildman–Crippen MR) is 64.8 cm³/mol. The maximum absolute atomic E-state index is 5.51. The summed E-state index contributed by atoms with van der Waals surface area (Å²) in [7, 11) is 0. The molecule has 4 nitrogen and oxygen atoms in total. The zero-order valence-corrected chi connectivity index (χ0v) is 9.84. The molecule has 0 aliphatic carbocycles. The number of aromatic nitrogens is 2. The van der Waals surface area contributed by atoms with Crippen molar-refractivity contribution >= 4 is 5.82 Å². The van der Waals surface area contributed by atoms with E-state index >= 15 is 0 Å². The Balaban J connectivity index is 1.92. The van der Waals surface area contributed by atoms with Crippen LogP contribution in [-0.4, -0.2) is 16.5 Å². The van der Waals surface area contributed by atoms with E-state index in [9.17, 15) is 0 Å². The number of nitrogens with zero attached hydrogens (tertiary/aromatic N) is 3. The Labute approximate surface area is 100 Å². The maximum Gasteiger partial charge on any atom is 0.147 e. The molecular formula is C13H15N3O. The molecule has 4 heteroatoms. The van der Waals surface area contributed by atoms with Crippen LogP contribution in [0.2, 0.25) is 0 Å². The van der Waals surface area contributed by atoms with Crippen molar-refractivity contribution < 1.29 is 4.42 Å². The number of aryl methyl sites for hydroxylation is 1. The van der Waals surface area contributed by atoms with Crippen molar-refractivity contribution in [2.24, 2.45) is 0 Å². The lowest BCUT2D eigenvalue weighted by molar-refractivity contribution is 0.464. The molecule has 1 aliphatic heterocycles. The van der Waals surface area contributed by atoms with Crippen molar-refractivity contribution in [2.45, 2.75) is 25.8 Å². The SMILES string of the molecule is Cc1cncc(N2CCCC2c2ccco2)n1. The molecule has 0 spiro atoms. The third-order valence-electron chi connectivity index (χ3n) is 3.16. The minimum atomic E-state index is 0.307. The van der Waals surface area contributed by atoms with Gasteiger partial charge in [0.1, 0.15) is 11.6 Å². The summed E-state index contributed by atoms with van der Waals surface area (Å²) in [5.74, 6) is 1.97. The predicted octanol–water partition coefficient (Wildman–Crippen LogP) is 2.72. The second kappa shape index (κ2) is 4.20. The molecule has 0 bridgehead atoms. The Morgan fingerprint density at radius 1 is 1.41 bits per heavy atom. The monoisotopic (exact) mass is 229 g/mol. The average molecular weight is 229 g/mol. The lowest BCUT2D eigenvalue weighted by Gasteiger charge is -2.23. The van der Waals surface area contributed by atoms with Crippen LogP contribution in [0.25, 0.3) is 0 Å². The van der Waals surface area contributed by atoms with Crippen LogP contribution < -0.4 is 4.90 Å². The lowest BCUT2D eigenvalue weighted by Crippen LogP contribution is -2.23. The summed E-state index contributed by atoms with van der Waals surface area (Å²) >= 11 is 0. The molecule has 0 saturated carbocycles. The molecule has 3 heterocycles. The van der Waals surface area contributed by atoms with E-state index in [1.807, 2.05) is 25.3 Å². The highest BCUT2D eigenvalue weighted by molar-refractivity contribution is 5.41. The molecule has 88 valence electrons. The maximum atomic E-state index is 5.51. The Morgan fingerprint density at radius 3 is 3.12 bits per heavy atom. The third kappa shape index (κ3) is 1.90. The van der Waals surface area contributed by atoms with Crippen LogP contribution in [0.15, 0.2) is 35.2 Å². The smallest absolute Gasteiger partial charge is 0.147 e. The van der Waals surface area contributed by atoms with Gasteiger partial charge in [-0.3, -0.25) is 4.98 Å². The zero-order valence-electron chi connectivity index (χ0n) is 9.84. The van der Waals surface area contributed by atoms with Gasteiger partial charge in [-0.05, 0) is 31.9 Å². The molecule has 1 saturated heterocycles. The van der Waals surface area contributed by atoms with Crippen molar-refractivity contribution in [3.63, 3.8) is 0 Å². The lowest BCUT2D eigenvalue weighted by atomic mass is 10.2. The molecule has 0 radical (unpaired) electrons. The van der Waals surface area contributed by atoms with E-state index in [4.69, 9.17) is 4.42 Å². The van der Waals surface area contributed by atoms with Crippen LogP contribution >= 0.6 is 0 Å². The first kappa shape index (κ1) is 10.3. The van der Waals surface area contributed by atoms with E-state index in [1.54, 1.807) is 12.5 Å². The largest absolute Gasteiger partial charge is 0.467 e. The van der Waals surface area contributed by atoms with Gasteiger partial charge in [0.15, 0.2) is 0 Å². The normalized spacial score (nSPS) is 19.8. The van der Waals surface area contributed by atoms with Crippen molar-refractivity contribution in [1.29, 1.82) is 0 Å². The van der Waals surface area contributed by atoms with Gasteiger partial charge in [-0.15, -0.1) is 0 Å². The van der Waals surface area contributed by atoms with Crippen LogP contribution in [0, 0.1) is 6.92 Å². The molecule has 1 aliphatic rings. The van der Waals surface area contributed by atoms with E-state index in [-0.39, 0.29) is 0 Å². The Hall–Kier alpha value is -1.84. The molecule has 0 N–H and O–H groups in total. The highest BCUT2D eigenvalue weighted by Crippen LogP contribution is 2.34. The molecule has 2 aromatic rings. The van der Waals surface area contributed by atoms with Crippen LogP contribution in [0.1, 0.15) is 30.3 Å². The summed E-state index contributed by atoms with van der Waals surface area (Å²) < 4.78 is 5.51. The number of hydrogen-bond acceptors (Lipinski definition) is 4. The Bertz CT molecular complexity index is 495. The highest BCUT2D eigenvalue weighted by atomic mass is 16.3. The van der Waals surface area contributed by atoms with Gasteiger partial charge < -0.3 is 9.32 Å². The number of hydrogen-bond donors (Lipinski definition) is 0. The van der Waals surface area contributed by atoms with E-state index in [0.717, 1.165) is 30.2 Å². The minimum Gasteiger partial charge on any atom is -0.467 e. The fraction of sp³-hybridized carbons (Fsp3) is 0.385. The molecule has 0 aromatic carbocycles. The fourth-order valence-electron chi connectivity index (χ4n) is 2.41. The van der Waals surface area contributed by atoms with Crippen LogP contribution in [0.3, 0.4) is 0 Å². The summed E-state index contributed by atoms with van der Waals surface area (Å²) in [6.45, 7) is 2.98. The quantitative estimate of drug-likeness (QED) is 0.794. The standard InChI is InChI=1S/C13H15N3O/c1-10-8-14-9-13(15-10)16-6-2-4-11(16)12-5-3-7-17-12/h3,5,7-9,11H,2,4,6H2,1H3. The molecule has 1 unspecified atom stereocenters. The fourth-order valence-corrected chi connectivity index (χ4v) is 2.41. The van der Waals surface area contributed by atoms with Crippen LogP contribution in [0.5, 0.6) is 0 Å². The van der Waals surface area contributed by atoms with Crippen molar-refractivity contribution in [1.82, 2.24) is 9.97 Å². The third-order valence-corrected chi connectivity index (χ3v) is 3.16. The Morgan fingerprint density at radius 2 is 2.35 bits per heavy atom. The molecular weight excluding hydrogens is 214 g/mol. The minimum absolute atomic E-state index is 0.307.